The minimum atomic E-state index is -0.863. The fraction of sp³-hybridized carbons (Fsp3) is 0.360. The van der Waals surface area contributed by atoms with Crippen molar-refractivity contribution in [2.24, 2.45) is 0 Å². The number of likely N-dealkylation sites (N-methyl/N-ethyl adjacent to an activating group) is 1. The maximum absolute atomic E-state index is 13.3. The van der Waals surface area contributed by atoms with Gasteiger partial charge in [0.25, 0.3) is 11.7 Å². The molecule has 34 heavy (non-hydrogen) atoms. The first-order valence-corrected chi connectivity index (χ1v) is 10.9. The summed E-state index contributed by atoms with van der Waals surface area (Å²) >= 11 is 0. The molecule has 1 atom stereocenters. The van der Waals surface area contributed by atoms with Gasteiger partial charge in [0.2, 0.25) is 0 Å². The molecule has 0 aliphatic carbocycles. The Morgan fingerprint density at radius 1 is 1.09 bits per heavy atom. The summed E-state index contributed by atoms with van der Waals surface area (Å²) in [7, 11) is 6.77. The van der Waals surface area contributed by atoms with E-state index >= 15 is 0 Å². The molecule has 0 unspecified atom stereocenters. The highest BCUT2D eigenvalue weighted by Crippen LogP contribution is 2.46. The number of Topliss-reactive ketones (excluding diaryl/α,β-unsaturated/α-hetero) is 1. The Labute approximate surface area is 198 Å². The van der Waals surface area contributed by atoms with E-state index in [1.54, 1.807) is 36.4 Å². The first-order chi connectivity index (χ1) is 16.4. The van der Waals surface area contributed by atoms with E-state index in [2.05, 4.69) is 0 Å². The zero-order chi connectivity index (χ0) is 24.4. The van der Waals surface area contributed by atoms with E-state index in [-0.39, 0.29) is 17.9 Å². The monoisotopic (exact) mass is 468 g/mol. The van der Waals surface area contributed by atoms with Crippen LogP contribution in [0.3, 0.4) is 0 Å². The minimum absolute atomic E-state index is 0.0213. The summed E-state index contributed by atoms with van der Waals surface area (Å²) in [6, 6.07) is 9.30. The van der Waals surface area contributed by atoms with E-state index in [0.717, 1.165) is 0 Å². The molecule has 1 saturated heterocycles. The second-order valence-corrected chi connectivity index (χ2v) is 8.24. The number of ketones is 1. The molecule has 2 aromatic carbocycles. The second kappa shape index (κ2) is 9.64. The van der Waals surface area contributed by atoms with Gasteiger partial charge in [0.05, 0.1) is 25.8 Å². The van der Waals surface area contributed by atoms with Gasteiger partial charge in [-0.3, -0.25) is 9.59 Å². The van der Waals surface area contributed by atoms with Crippen molar-refractivity contribution in [2.75, 3.05) is 54.6 Å². The lowest BCUT2D eigenvalue weighted by molar-refractivity contribution is -0.140. The number of nitrogens with zero attached hydrogens (tertiary/aromatic N) is 2. The molecule has 1 fully saturated rings. The van der Waals surface area contributed by atoms with Gasteiger partial charge in [-0.15, -0.1) is 0 Å². The van der Waals surface area contributed by atoms with Gasteiger partial charge >= 0.3 is 0 Å². The van der Waals surface area contributed by atoms with Crippen LogP contribution in [-0.2, 0) is 9.59 Å². The number of methoxy groups -OCH3 is 2. The van der Waals surface area contributed by atoms with Crippen LogP contribution in [0.25, 0.3) is 5.76 Å². The van der Waals surface area contributed by atoms with Gasteiger partial charge in [0.15, 0.2) is 23.0 Å². The average Bonchev–Trinajstić information content (AvgIpc) is 3.10. The lowest BCUT2D eigenvalue weighted by Gasteiger charge is -2.28. The van der Waals surface area contributed by atoms with Crippen molar-refractivity contribution >= 4 is 17.4 Å². The maximum Gasteiger partial charge on any atom is 0.295 e. The molecule has 1 amide bonds. The van der Waals surface area contributed by atoms with Gasteiger partial charge < -0.3 is 33.9 Å². The normalized spacial score (nSPS) is 19.0. The summed E-state index contributed by atoms with van der Waals surface area (Å²) in [5.74, 6) is 0.125. The van der Waals surface area contributed by atoms with Crippen molar-refractivity contribution < 1.29 is 33.6 Å². The van der Waals surface area contributed by atoms with Crippen LogP contribution < -0.4 is 18.9 Å². The third-order valence-corrected chi connectivity index (χ3v) is 5.87. The lowest BCUT2D eigenvalue weighted by Crippen LogP contribution is -2.35. The molecule has 9 nitrogen and oxygen atoms in total. The molecule has 180 valence electrons. The lowest BCUT2D eigenvalue weighted by atomic mass is 9.94. The van der Waals surface area contributed by atoms with Crippen LogP contribution in [0.5, 0.6) is 23.0 Å². The van der Waals surface area contributed by atoms with Gasteiger partial charge in [-0.1, -0.05) is 12.1 Å². The number of carbonyl (C=O) groups excluding carboxylic acids is 2. The number of rotatable bonds is 7. The van der Waals surface area contributed by atoms with Crippen LogP contribution in [-0.4, -0.2) is 81.2 Å². The number of para-hydroxylation sites is 1. The molecule has 2 aromatic rings. The second-order valence-electron chi connectivity index (χ2n) is 8.24. The van der Waals surface area contributed by atoms with Crippen LogP contribution >= 0.6 is 0 Å². The molecule has 0 saturated carbocycles. The number of ether oxygens (including phenoxy) is 4. The van der Waals surface area contributed by atoms with Crippen LogP contribution in [0.2, 0.25) is 0 Å². The summed E-state index contributed by atoms with van der Waals surface area (Å²) in [5.41, 5.74) is 0.868. The predicted molar refractivity (Wildman–Crippen MR) is 125 cm³/mol. The van der Waals surface area contributed by atoms with Crippen molar-refractivity contribution in [1.82, 2.24) is 9.80 Å². The van der Waals surface area contributed by atoms with Gasteiger partial charge in [-0.2, -0.15) is 0 Å². The molecule has 0 radical (unpaired) electrons. The van der Waals surface area contributed by atoms with Crippen LogP contribution in [0.1, 0.15) is 17.2 Å². The number of likely N-dealkylation sites (tertiary alicyclic amines) is 1. The first kappa shape index (κ1) is 23.4. The zero-order valence-corrected chi connectivity index (χ0v) is 19.7. The van der Waals surface area contributed by atoms with Crippen LogP contribution in [0.4, 0.5) is 0 Å². The Balaban J connectivity index is 1.89. The predicted octanol–water partition coefficient (Wildman–Crippen LogP) is 2.46. The van der Waals surface area contributed by atoms with Crippen LogP contribution in [0, 0.1) is 0 Å². The molecule has 4 rings (SSSR count). The summed E-state index contributed by atoms with van der Waals surface area (Å²) < 4.78 is 22.2. The molecule has 0 spiro atoms. The number of hydrogen-bond acceptors (Lipinski definition) is 8. The van der Waals surface area contributed by atoms with Gasteiger partial charge in [0.1, 0.15) is 19.0 Å². The molecular weight excluding hydrogens is 440 g/mol. The number of aliphatic hydroxyl groups excluding tert-OH is 1. The van der Waals surface area contributed by atoms with Crippen molar-refractivity contribution in [3.63, 3.8) is 0 Å². The fourth-order valence-corrected chi connectivity index (χ4v) is 4.22. The number of fused-ring (bicyclic) bond motifs is 1. The number of carbonyl (C=O) groups is 2. The molecular formula is C25H28N2O7. The van der Waals surface area contributed by atoms with Gasteiger partial charge in [0, 0.05) is 24.2 Å². The van der Waals surface area contributed by atoms with E-state index in [9.17, 15) is 14.7 Å². The Kier molecular flexibility index (Phi) is 6.65. The number of hydrogen-bond donors (Lipinski definition) is 1. The summed E-state index contributed by atoms with van der Waals surface area (Å²) in [6.45, 7) is 1.62. The Bertz CT molecular complexity index is 1140. The average molecular weight is 469 g/mol. The zero-order valence-electron chi connectivity index (χ0n) is 19.7. The maximum atomic E-state index is 13.3. The van der Waals surface area contributed by atoms with E-state index in [1.807, 2.05) is 19.0 Å². The quantitative estimate of drug-likeness (QED) is 0.376. The van der Waals surface area contributed by atoms with Crippen LogP contribution in [0.15, 0.2) is 42.0 Å². The van der Waals surface area contributed by atoms with Gasteiger partial charge in [-0.25, -0.2) is 0 Å². The molecule has 2 aliphatic heterocycles. The highest BCUT2D eigenvalue weighted by atomic mass is 16.6. The van der Waals surface area contributed by atoms with Crippen molar-refractivity contribution in [3.05, 3.63) is 53.1 Å². The Morgan fingerprint density at radius 2 is 1.82 bits per heavy atom. The highest BCUT2D eigenvalue weighted by Gasteiger charge is 2.47. The molecule has 2 heterocycles. The first-order valence-electron chi connectivity index (χ1n) is 10.9. The molecule has 0 aromatic heterocycles. The Morgan fingerprint density at radius 3 is 2.50 bits per heavy atom. The van der Waals surface area contributed by atoms with E-state index in [0.29, 0.717) is 53.9 Å². The number of benzene rings is 2. The highest BCUT2D eigenvalue weighted by molar-refractivity contribution is 6.46. The summed E-state index contributed by atoms with van der Waals surface area (Å²) in [5, 5.41) is 11.3. The largest absolute Gasteiger partial charge is 0.507 e. The third-order valence-electron chi connectivity index (χ3n) is 5.87. The van der Waals surface area contributed by atoms with Crippen molar-refractivity contribution in [3.8, 4) is 23.0 Å². The van der Waals surface area contributed by atoms with Crippen molar-refractivity contribution in [2.45, 2.75) is 6.04 Å². The number of aliphatic hydroxyl groups is 1. The third kappa shape index (κ3) is 4.14. The number of amides is 1. The smallest absolute Gasteiger partial charge is 0.295 e. The van der Waals surface area contributed by atoms with E-state index < -0.39 is 17.7 Å². The summed E-state index contributed by atoms with van der Waals surface area (Å²) in [6.07, 6.45) is 0. The minimum Gasteiger partial charge on any atom is -0.507 e. The van der Waals surface area contributed by atoms with E-state index in [4.69, 9.17) is 18.9 Å². The molecule has 9 heteroatoms. The Hall–Kier alpha value is -3.72. The van der Waals surface area contributed by atoms with E-state index in [1.165, 1.54) is 19.1 Å². The molecule has 2 aliphatic rings. The fourth-order valence-electron chi connectivity index (χ4n) is 4.22. The van der Waals surface area contributed by atoms with Gasteiger partial charge in [-0.05, 0) is 38.4 Å². The summed E-state index contributed by atoms with van der Waals surface area (Å²) in [4.78, 5) is 29.8. The molecule has 1 N–H and O–H groups in total. The standard InChI is InChI=1S/C25H28N2O7/c1-26(2)10-11-27-21(16-6-5-7-18(31-3)24(16)32-4)20(23(29)25(27)30)22(28)15-8-9-17-19(14-15)34-13-12-33-17/h5-9,14,21,28H,10-13H2,1-4H3/b22-20+/t21-/m1/s1. The molecule has 0 bridgehead atoms. The topological polar surface area (TPSA) is 97.8 Å². The SMILES string of the molecule is COc1cccc([C@@H]2/C(=C(\O)c3ccc4c(c3)OCCO4)C(=O)C(=O)N2CCN(C)C)c1OC. The van der Waals surface area contributed by atoms with Crippen molar-refractivity contribution in [1.29, 1.82) is 0 Å².